The van der Waals surface area contributed by atoms with Gasteiger partial charge in [0, 0.05) is 18.7 Å². The van der Waals surface area contributed by atoms with Crippen molar-refractivity contribution >= 4 is 17.8 Å². The van der Waals surface area contributed by atoms with Crippen molar-refractivity contribution in [3.05, 3.63) is 11.6 Å². The molecule has 1 fully saturated rings. The third kappa shape index (κ3) is 7.32. The molecular weight excluding hydrogens is 406 g/mol. The van der Waals surface area contributed by atoms with Crippen LogP contribution >= 0.6 is 0 Å². The second kappa shape index (κ2) is 13.0. The molecule has 32 heavy (non-hydrogen) atoms. The first-order valence-corrected chi connectivity index (χ1v) is 12.2. The fourth-order valence-corrected chi connectivity index (χ4v) is 4.38. The van der Waals surface area contributed by atoms with Crippen molar-refractivity contribution in [1.82, 2.24) is 15.1 Å². The number of carboxylic acids is 1. The molecule has 0 aromatic heterocycles. The van der Waals surface area contributed by atoms with Gasteiger partial charge in [0.2, 0.25) is 11.8 Å². The maximum atomic E-state index is 13.6. The van der Waals surface area contributed by atoms with Crippen LogP contribution in [0.1, 0.15) is 80.6 Å². The van der Waals surface area contributed by atoms with Crippen molar-refractivity contribution in [2.75, 3.05) is 13.6 Å². The van der Waals surface area contributed by atoms with Crippen LogP contribution in [0.3, 0.4) is 0 Å². The normalized spacial score (nSPS) is 21.5. The quantitative estimate of drug-likeness (QED) is 0.468. The maximum Gasteiger partial charge on any atom is 0.331 e. The number of likely N-dealkylation sites (N-methyl/N-ethyl adjacent to an activating group) is 1. The van der Waals surface area contributed by atoms with Gasteiger partial charge in [-0.25, -0.2) is 4.79 Å². The first-order valence-electron chi connectivity index (χ1n) is 12.2. The van der Waals surface area contributed by atoms with E-state index in [1.807, 2.05) is 27.7 Å². The van der Waals surface area contributed by atoms with E-state index in [4.69, 9.17) is 0 Å². The monoisotopic (exact) mass is 451 g/mol. The number of hydrogen-bond donors (Lipinski definition) is 2. The molecule has 1 unspecified atom stereocenters. The second-order valence-electron chi connectivity index (χ2n) is 9.72. The lowest BCUT2D eigenvalue weighted by atomic mass is 9.93. The minimum absolute atomic E-state index is 0.0331. The molecule has 0 aromatic rings. The number of piperidine rings is 1. The Hall–Kier alpha value is -1.89. The molecule has 2 amide bonds. The van der Waals surface area contributed by atoms with Crippen molar-refractivity contribution in [3.8, 4) is 0 Å². The molecule has 184 valence electrons. The number of rotatable bonds is 11. The molecule has 7 heteroatoms. The van der Waals surface area contributed by atoms with Crippen LogP contribution in [0.4, 0.5) is 0 Å². The molecule has 0 aliphatic carbocycles. The number of carbonyl (C=O) groups is 3. The Kier molecular flexibility index (Phi) is 11.4. The van der Waals surface area contributed by atoms with Crippen LogP contribution in [-0.2, 0) is 14.4 Å². The first kappa shape index (κ1) is 28.1. The fraction of sp³-hybridized carbons (Fsp3) is 0.800. The van der Waals surface area contributed by atoms with Gasteiger partial charge in [-0.1, -0.05) is 53.5 Å². The minimum Gasteiger partial charge on any atom is -0.478 e. The zero-order valence-corrected chi connectivity index (χ0v) is 21.4. The van der Waals surface area contributed by atoms with Crippen LogP contribution in [0, 0.1) is 11.8 Å². The Morgan fingerprint density at radius 1 is 1.12 bits per heavy atom. The zero-order chi connectivity index (χ0) is 24.6. The van der Waals surface area contributed by atoms with Gasteiger partial charge in [0.15, 0.2) is 0 Å². The van der Waals surface area contributed by atoms with Gasteiger partial charge in [-0.15, -0.1) is 0 Å². The lowest BCUT2D eigenvalue weighted by molar-refractivity contribution is -0.140. The van der Waals surface area contributed by atoms with Crippen LogP contribution in [0.5, 0.6) is 0 Å². The highest BCUT2D eigenvalue weighted by Gasteiger charge is 2.36. The van der Waals surface area contributed by atoms with Crippen LogP contribution in [0.2, 0.25) is 0 Å². The van der Waals surface area contributed by atoms with E-state index in [-0.39, 0.29) is 41.3 Å². The number of nitrogens with zero attached hydrogens (tertiary/aromatic N) is 2. The standard InChI is InChI=1S/C25H45N3O4/c1-9-17(5)22(24(30)27(8)21(16(3)4)15-18(6)25(31)32)26-23(29)20-13-11-12-14-28(20)19(7)10-2/h15-17,19-22H,9-14H2,1-8H3,(H,26,29)(H,31,32)/b18-15+/t17-,19?,20+,21+,22-/m0/s1. The van der Waals surface area contributed by atoms with Crippen molar-refractivity contribution in [1.29, 1.82) is 0 Å². The lowest BCUT2D eigenvalue weighted by Crippen LogP contribution is -2.59. The summed E-state index contributed by atoms with van der Waals surface area (Å²) in [4.78, 5) is 42.1. The average Bonchev–Trinajstić information content (AvgIpc) is 2.78. The topological polar surface area (TPSA) is 90.0 Å². The summed E-state index contributed by atoms with van der Waals surface area (Å²) in [6, 6.07) is -0.898. The Morgan fingerprint density at radius 2 is 1.75 bits per heavy atom. The summed E-state index contributed by atoms with van der Waals surface area (Å²) in [6.07, 6.45) is 6.28. The minimum atomic E-state index is -0.995. The van der Waals surface area contributed by atoms with Gasteiger partial charge in [-0.05, 0) is 51.5 Å². The Balaban J connectivity index is 3.13. The van der Waals surface area contributed by atoms with Crippen molar-refractivity contribution in [3.63, 3.8) is 0 Å². The predicted molar refractivity (Wildman–Crippen MR) is 128 cm³/mol. The molecule has 1 aliphatic rings. The number of aliphatic carboxylic acids is 1. The summed E-state index contributed by atoms with van der Waals surface area (Å²) in [5.41, 5.74) is 0.207. The highest BCUT2D eigenvalue weighted by molar-refractivity contribution is 5.90. The molecule has 2 N–H and O–H groups in total. The zero-order valence-electron chi connectivity index (χ0n) is 21.4. The molecule has 0 bridgehead atoms. The number of amides is 2. The van der Waals surface area contributed by atoms with E-state index in [9.17, 15) is 19.5 Å². The molecule has 0 aromatic carbocycles. The largest absolute Gasteiger partial charge is 0.478 e. The Bertz CT molecular complexity index is 676. The SMILES string of the molecule is CCC(C)N1CCCC[C@@H]1C(=O)N[C@H](C(=O)N(C)[C@H](/C=C(\C)C(=O)O)C(C)C)[C@@H](C)CC. The van der Waals surface area contributed by atoms with Gasteiger partial charge in [-0.2, -0.15) is 0 Å². The van der Waals surface area contributed by atoms with Gasteiger partial charge in [0.05, 0.1) is 12.1 Å². The molecular formula is C25H45N3O4. The molecule has 1 rings (SSSR count). The summed E-state index contributed by atoms with van der Waals surface area (Å²) in [7, 11) is 1.70. The molecule has 0 spiro atoms. The number of carboxylic acid groups (broad SMARTS) is 1. The van der Waals surface area contributed by atoms with Crippen molar-refractivity contribution in [2.45, 2.75) is 105 Å². The highest BCUT2D eigenvalue weighted by atomic mass is 16.4. The molecule has 0 saturated carbocycles. The third-order valence-electron chi connectivity index (χ3n) is 7.02. The van der Waals surface area contributed by atoms with E-state index < -0.39 is 12.0 Å². The van der Waals surface area contributed by atoms with Gasteiger partial charge in [-0.3, -0.25) is 14.5 Å². The van der Waals surface area contributed by atoms with E-state index in [0.717, 1.165) is 38.6 Å². The van der Waals surface area contributed by atoms with Crippen molar-refractivity contribution < 1.29 is 19.5 Å². The molecule has 1 aliphatic heterocycles. The summed E-state index contributed by atoms with van der Waals surface area (Å²) in [5, 5.41) is 12.4. The van der Waals surface area contributed by atoms with Gasteiger partial charge in [0.25, 0.3) is 0 Å². The predicted octanol–water partition coefficient (Wildman–Crippen LogP) is 3.68. The van der Waals surface area contributed by atoms with E-state index in [0.29, 0.717) is 6.04 Å². The third-order valence-corrected chi connectivity index (χ3v) is 7.02. The maximum absolute atomic E-state index is 13.6. The molecule has 0 radical (unpaired) electrons. The average molecular weight is 452 g/mol. The van der Waals surface area contributed by atoms with Crippen LogP contribution in [-0.4, -0.2) is 70.4 Å². The number of hydrogen-bond acceptors (Lipinski definition) is 4. The molecule has 7 nitrogen and oxygen atoms in total. The first-order chi connectivity index (χ1) is 15.0. The summed E-state index contributed by atoms with van der Waals surface area (Å²) >= 11 is 0. The van der Waals surface area contributed by atoms with Gasteiger partial charge in [0.1, 0.15) is 6.04 Å². The van der Waals surface area contributed by atoms with Crippen molar-refractivity contribution in [2.24, 2.45) is 11.8 Å². The Morgan fingerprint density at radius 3 is 2.25 bits per heavy atom. The number of carbonyl (C=O) groups excluding carboxylic acids is 2. The van der Waals surface area contributed by atoms with Crippen LogP contribution in [0.25, 0.3) is 0 Å². The van der Waals surface area contributed by atoms with Crippen LogP contribution in [0.15, 0.2) is 11.6 Å². The van der Waals surface area contributed by atoms with Gasteiger partial charge < -0.3 is 15.3 Å². The number of likely N-dealkylation sites (tertiary alicyclic amines) is 1. The smallest absolute Gasteiger partial charge is 0.331 e. The second-order valence-corrected chi connectivity index (χ2v) is 9.72. The van der Waals surface area contributed by atoms with E-state index in [2.05, 4.69) is 24.1 Å². The van der Waals surface area contributed by atoms with E-state index in [1.165, 1.54) is 6.92 Å². The van der Waals surface area contributed by atoms with E-state index >= 15 is 0 Å². The summed E-state index contributed by atoms with van der Waals surface area (Å²) < 4.78 is 0. The summed E-state index contributed by atoms with van der Waals surface area (Å²) in [6.45, 7) is 14.6. The highest BCUT2D eigenvalue weighted by Crippen LogP contribution is 2.23. The Labute approximate surface area is 194 Å². The van der Waals surface area contributed by atoms with E-state index in [1.54, 1.807) is 18.0 Å². The van der Waals surface area contributed by atoms with Gasteiger partial charge >= 0.3 is 5.97 Å². The lowest BCUT2D eigenvalue weighted by Gasteiger charge is -2.40. The summed E-state index contributed by atoms with van der Waals surface area (Å²) in [5.74, 6) is -1.24. The molecule has 1 saturated heterocycles. The fourth-order valence-electron chi connectivity index (χ4n) is 4.38. The molecule has 1 heterocycles. The number of nitrogens with one attached hydrogen (secondary N) is 1. The molecule has 5 atom stereocenters. The van der Waals surface area contributed by atoms with Crippen LogP contribution < -0.4 is 5.32 Å².